The summed E-state index contributed by atoms with van der Waals surface area (Å²) in [5.41, 5.74) is 0. The maximum atomic E-state index is 12.2. The van der Waals surface area contributed by atoms with Gasteiger partial charge < -0.3 is 5.32 Å². The zero-order valence-electron chi connectivity index (χ0n) is 11.8. The first-order chi connectivity index (χ1) is 9.61. The zero-order valence-corrected chi connectivity index (χ0v) is 13.4. The Kier molecular flexibility index (Phi) is 5.12. The van der Waals surface area contributed by atoms with Gasteiger partial charge in [-0.15, -0.1) is 0 Å². The van der Waals surface area contributed by atoms with E-state index in [1.54, 1.807) is 6.20 Å². The maximum Gasteiger partial charge on any atom is 0.228 e. The van der Waals surface area contributed by atoms with Gasteiger partial charge in [-0.1, -0.05) is 42.6 Å². The van der Waals surface area contributed by atoms with Gasteiger partial charge in [0, 0.05) is 22.0 Å². The maximum absolute atomic E-state index is 12.2. The third-order valence-electron chi connectivity index (χ3n) is 3.41. The first-order valence-corrected chi connectivity index (χ1v) is 7.76. The monoisotopic (exact) mass is 334 g/mol. The number of fused-ring (bicyclic) bond motifs is 1. The van der Waals surface area contributed by atoms with Gasteiger partial charge in [0.2, 0.25) is 5.91 Å². The van der Waals surface area contributed by atoms with Crippen molar-refractivity contribution in [2.45, 2.75) is 33.1 Å². The van der Waals surface area contributed by atoms with Crippen molar-refractivity contribution in [3.05, 3.63) is 34.9 Å². The highest BCUT2D eigenvalue weighted by Crippen LogP contribution is 2.25. The minimum Gasteiger partial charge on any atom is -0.310 e. The van der Waals surface area contributed by atoms with E-state index in [1.807, 2.05) is 31.2 Å². The lowest BCUT2D eigenvalue weighted by Gasteiger charge is -2.12. The molecule has 0 unspecified atom stereocenters. The number of carbonyl (C=O) groups excluding carboxylic acids is 1. The summed E-state index contributed by atoms with van der Waals surface area (Å²) in [6, 6.07) is 7.89. The molecule has 0 radical (unpaired) electrons. The van der Waals surface area contributed by atoms with E-state index in [1.165, 1.54) is 0 Å². The van der Waals surface area contributed by atoms with Gasteiger partial charge in [0.15, 0.2) is 0 Å². The van der Waals surface area contributed by atoms with Gasteiger partial charge in [-0.05, 0) is 36.1 Å². The van der Waals surface area contributed by atoms with Crippen molar-refractivity contribution in [1.29, 1.82) is 0 Å². The number of aromatic nitrogens is 1. The Labute approximate surface area is 127 Å². The summed E-state index contributed by atoms with van der Waals surface area (Å²) in [6.45, 7) is 4.10. The van der Waals surface area contributed by atoms with Gasteiger partial charge in [0.1, 0.15) is 5.82 Å². The Morgan fingerprint density at radius 3 is 2.95 bits per heavy atom. The van der Waals surface area contributed by atoms with E-state index in [2.05, 4.69) is 33.2 Å². The van der Waals surface area contributed by atoms with Crippen LogP contribution in [0.25, 0.3) is 10.8 Å². The molecular formula is C16H19BrN2O. The van der Waals surface area contributed by atoms with E-state index in [-0.39, 0.29) is 11.8 Å². The highest BCUT2D eigenvalue weighted by atomic mass is 79.9. The largest absolute Gasteiger partial charge is 0.310 e. The molecule has 1 aromatic heterocycles. The first kappa shape index (κ1) is 15.0. The number of nitrogens with one attached hydrogen (secondary N) is 1. The van der Waals surface area contributed by atoms with E-state index < -0.39 is 0 Å². The van der Waals surface area contributed by atoms with Gasteiger partial charge in [-0.2, -0.15) is 0 Å². The van der Waals surface area contributed by atoms with Crippen molar-refractivity contribution in [1.82, 2.24) is 4.98 Å². The molecule has 0 aliphatic carbocycles. The van der Waals surface area contributed by atoms with Crippen LogP contribution < -0.4 is 5.32 Å². The third kappa shape index (κ3) is 3.57. The normalized spacial score (nSPS) is 12.3. The number of rotatable bonds is 5. The number of hydrogen-bond donors (Lipinski definition) is 1. The number of carbonyl (C=O) groups is 1. The molecule has 2 aromatic rings. The zero-order chi connectivity index (χ0) is 14.5. The summed E-state index contributed by atoms with van der Waals surface area (Å²) in [7, 11) is 0. The number of halogens is 1. The molecule has 106 valence electrons. The molecule has 20 heavy (non-hydrogen) atoms. The number of benzene rings is 1. The Bertz CT molecular complexity index is 612. The summed E-state index contributed by atoms with van der Waals surface area (Å²) in [5, 5.41) is 4.97. The summed E-state index contributed by atoms with van der Waals surface area (Å²) in [5.74, 6) is 0.701. The van der Waals surface area contributed by atoms with Gasteiger partial charge in [-0.3, -0.25) is 4.79 Å². The Morgan fingerprint density at radius 1 is 1.40 bits per heavy atom. The van der Waals surface area contributed by atoms with Crippen LogP contribution in [0.5, 0.6) is 0 Å². The van der Waals surface area contributed by atoms with Gasteiger partial charge >= 0.3 is 0 Å². The summed E-state index contributed by atoms with van der Waals surface area (Å²) in [4.78, 5) is 16.5. The van der Waals surface area contributed by atoms with E-state index in [9.17, 15) is 4.79 Å². The predicted molar refractivity (Wildman–Crippen MR) is 86.8 cm³/mol. The number of hydrogen-bond acceptors (Lipinski definition) is 2. The molecule has 0 bridgehead atoms. The van der Waals surface area contributed by atoms with Gasteiger partial charge in [0.05, 0.1) is 0 Å². The van der Waals surface area contributed by atoms with E-state index >= 15 is 0 Å². The van der Waals surface area contributed by atoms with Crippen molar-refractivity contribution >= 4 is 38.4 Å². The van der Waals surface area contributed by atoms with Crippen LogP contribution in [0.15, 0.2) is 34.9 Å². The molecule has 0 saturated carbocycles. The molecule has 2 rings (SSSR count). The fraction of sp³-hybridized carbons (Fsp3) is 0.375. The Hall–Kier alpha value is -1.42. The molecule has 3 nitrogen and oxygen atoms in total. The second-order valence-electron chi connectivity index (χ2n) is 5.06. The molecule has 0 aliphatic heterocycles. The molecule has 0 fully saturated rings. The number of amides is 1. The highest BCUT2D eigenvalue weighted by molar-refractivity contribution is 9.10. The molecule has 1 heterocycles. The molecular weight excluding hydrogens is 316 g/mol. The van der Waals surface area contributed by atoms with E-state index in [0.717, 1.165) is 34.5 Å². The van der Waals surface area contributed by atoms with Crippen molar-refractivity contribution in [3.8, 4) is 0 Å². The molecule has 0 aliphatic rings. The number of pyridine rings is 1. The second-order valence-corrected chi connectivity index (χ2v) is 5.97. The minimum absolute atomic E-state index is 0.0162. The lowest BCUT2D eigenvalue weighted by Crippen LogP contribution is -2.21. The van der Waals surface area contributed by atoms with Crippen molar-refractivity contribution in [3.63, 3.8) is 0 Å². The predicted octanol–water partition coefficient (Wildman–Crippen LogP) is 4.76. The second kappa shape index (κ2) is 6.84. The summed E-state index contributed by atoms with van der Waals surface area (Å²) in [6.07, 6.45) is 4.82. The summed E-state index contributed by atoms with van der Waals surface area (Å²) < 4.78 is 1.02. The van der Waals surface area contributed by atoms with Crippen LogP contribution in [0.3, 0.4) is 0 Å². The minimum atomic E-state index is 0.0162. The molecule has 0 saturated heterocycles. The van der Waals surface area contributed by atoms with E-state index in [4.69, 9.17) is 0 Å². The highest BCUT2D eigenvalue weighted by Gasteiger charge is 2.14. The van der Waals surface area contributed by atoms with Gasteiger partial charge in [-0.25, -0.2) is 4.98 Å². The first-order valence-electron chi connectivity index (χ1n) is 6.97. The fourth-order valence-corrected chi connectivity index (χ4v) is 2.51. The van der Waals surface area contributed by atoms with Crippen LogP contribution in [-0.4, -0.2) is 10.9 Å². The van der Waals surface area contributed by atoms with Crippen molar-refractivity contribution in [2.75, 3.05) is 5.32 Å². The Morgan fingerprint density at radius 2 is 2.20 bits per heavy atom. The van der Waals surface area contributed by atoms with Gasteiger partial charge in [0.25, 0.3) is 0 Å². The average molecular weight is 335 g/mol. The van der Waals surface area contributed by atoms with Crippen LogP contribution in [0.2, 0.25) is 0 Å². The third-order valence-corrected chi connectivity index (χ3v) is 3.90. The quantitative estimate of drug-likeness (QED) is 0.856. The standard InChI is InChI=1S/C16H19BrN2O/c1-3-4-5-11(2)16(20)19-15-14-7-6-13(17)10-12(14)8-9-18-15/h6-11H,3-5H2,1-2H3,(H,18,19,20)/t11-/m0/s1. The van der Waals surface area contributed by atoms with Crippen LogP contribution in [0, 0.1) is 5.92 Å². The Balaban J connectivity index is 2.19. The number of unbranched alkanes of at least 4 members (excludes halogenated alkanes) is 1. The lowest BCUT2D eigenvalue weighted by molar-refractivity contribution is -0.119. The topological polar surface area (TPSA) is 42.0 Å². The smallest absolute Gasteiger partial charge is 0.228 e. The average Bonchev–Trinajstić information content (AvgIpc) is 2.44. The molecule has 0 spiro atoms. The number of nitrogens with zero attached hydrogens (tertiary/aromatic N) is 1. The van der Waals surface area contributed by atoms with Crippen molar-refractivity contribution < 1.29 is 4.79 Å². The molecule has 1 atom stereocenters. The van der Waals surface area contributed by atoms with Crippen LogP contribution in [0.1, 0.15) is 33.1 Å². The lowest BCUT2D eigenvalue weighted by atomic mass is 10.0. The molecule has 1 amide bonds. The van der Waals surface area contributed by atoms with Crippen molar-refractivity contribution in [2.24, 2.45) is 5.92 Å². The molecule has 1 N–H and O–H groups in total. The SMILES string of the molecule is CCCC[C@H](C)C(=O)Nc1nccc2cc(Br)ccc12. The van der Waals surface area contributed by atoms with Crippen LogP contribution >= 0.6 is 15.9 Å². The molecule has 4 heteroatoms. The van der Waals surface area contributed by atoms with E-state index in [0.29, 0.717) is 5.82 Å². The fourth-order valence-electron chi connectivity index (χ4n) is 2.13. The number of anilines is 1. The van der Waals surface area contributed by atoms with Crippen LogP contribution in [-0.2, 0) is 4.79 Å². The molecule has 1 aromatic carbocycles. The van der Waals surface area contributed by atoms with Crippen LogP contribution in [0.4, 0.5) is 5.82 Å². The summed E-state index contributed by atoms with van der Waals surface area (Å²) >= 11 is 3.45.